The van der Waals surface area contributed by atoms with Gasteiger partial charge in [0.1, 0.15) is 5.76 Å². The van der Waals surface area contributed by atoms with Crippen molar-refractivity contribution >= 4 is 11.7 Å². The van der Waals surface area contributed by atoms with Gasteiger partial charge in [-0.3, -0.25) is 10.1 Å². The van der Waals surface area contributed by atoms with E-state index in [0.29, 0.717) is 6.42 Å². The number of rotatable bonds is 4. The van der Waals surface area contributed by atoms with E-state index >= 15 is 0 Å². The Morgan fingerprint density at radius 1 is 1.40 bits per heavy atom. The van der Waals surface area contributed by atoms with Crippen LogP contribution in [0.3, 0.4) is 0 Å². The van der Waals surface area contributed by atoms with E-state index in [1.807, 2.05) is 0 Å². The van der Waals surface area contributed by atoms with Gasteiger partial charge in [0.2, 0.25) is 0 Å². The van der Waals surface area contributed by atoms with Crippen LogP contribution in [0.5, 0.6) is 0 Å². The van der Waals surface area contributed by atoms with Gasteiger partial charge in [-0.15, -0.1) is 0 Å². The maximum atomic E-state index is 10.6. The van der Waals surface area contributed by atoms with Crippen LogP contribution in [-0.4, -0.2) is 22.5 Å². The minimum absolute atomic E-state index is 0.00175. The summed E-state index contributed by atoms with van der Waals surface area (Å²) in [6.45, 7) is 1.44. The third kappa shape index (κ3) is 4.42. The first-order valence-electron chi connectivity index (χ1n) is 5.69. The van der Waals surface area contributed by atoms with Gasteiger partial charge in [0.05, 0.1) is 10.9 Å². The van der Waals surface area contributed by atoms with Crippen LogP contribution in [0.15, 0.2) is 35.6 Å². The number of allylic oxidation sites excluding steroid dienone is 1. The van der Waals surface area contributed by atoms with Gasteiger partial charge in [0, 0.05) is 18.6 Å². The molecule has 0 amide bonds. The summed E-state index contributed by atoms with van der Waals surface area (Å²) < 4.78 is 0. The molecule has 0 bridgehead atoms. The molecule has 7 nitrogen and oxygen atoms in total. The smallest absolute Gasteiger partial charge is 0.316 e. The molecule has 0 aliphatic carbocycles. The molecule has 0 heterocycles. The van der Waals surface area contributed by atoms with Gasteiger partial charge in [0.25, 0.3) is 12.2 Å². The second kappa shape index (κ2) is 6.89. The molecular weight excluding hydrogens is 264 g/mol. The van der Waals surface area contributed by atoms with Gasteiger partial charge in [-0.05, 0) is 12.5 Å². The van der Waals surface area contributed by atoms with E-state index in [0.717, 1.165) is 5.56 Å². The van der Waals surface area contributed by atoms with Gasteiger partial charge < -0.3 is 15.0 Å². The van der Waals surface area contributed by atoms with Crippen molar-refractivity contribution in [2.75, 3.05) is 6.54 Å². The number of carboxylic acid groups (broad SMARTS) is 1. The third-order valence-electron chi connectivity index (χ3n) is 2.42. The molecule has 0 saturated heterocycles. The number of nitrogens with zero attached hydrogens (tertiary/aromatic N) is 2. The molecule has 1 N–H and O–H groups in total. The van der Waals surface area contributed by atoms with Crippen molar-refractivity contribution < 1.29 is 19.9 Å². The van der Waals surface area contributed by atoms with Gasteiger partial charge in [-0.2, -0.15) is 0 Å². The van der Waals surface area contributed by atoms with Crippen LogP contribution < -0.4 is 5.11 Å². The van der Waals surface area contributed by atoms with E-state index in [9.17, 15) is 20.0 Å². The Kier molecular flexibility index (Phi) is 5.23. The Morgan fingerprint density at radius 2 is 2.00 bits per heavy atom. The van der Waals surface area contributed by atoms with Crippen molar-refractivity contribution in [3.05, 3.63) is 56.1 Å². The molecule has 0 atom stereocenters. The fourth-order valence-electron chi connectivity index (χ4n) is 1.38. The Bertz CT molecular complexity index is 604. The van der Waals surface area contributed by atoms with Gasteiger partial charge in [-0.1, -0.05) is 17.0 Å². The Morgan fingerprint density at radius 3 is 2.45 bits per heavy atom. The summed E-state index contributed by atoms with van der Waals surface area (Å²) in [5, 5.41) is 30.1. The number of nitro benzene ring substituents is 1. The van der Waals surface area contributed by atoms with Crippen molar-refractivity contribution in [1.29, 1.82) is 0 Å². The topological polar surface area (TPSA) is 108 Å². The molecule has 0 spiro atoms. The maximum Gasteiger partial charge on any atom is 0.316 e. The van der Waals surface area contributed by atoms with Gasteiger partial charge in [-0.25, -0.2) is 0 Å². The van der Waals surface area contributed by atoms with Crippen molar-refractivity contribution in [2.24, 2.45) is 0 Å². The van der Waals surface area contributed by atoms with E-state index in [2.05, 4.69) is 10.9 Å². The lowest BCUT2D eigenvalue weighted by Gasteiger charge is -1.96. The number of carbonyl (C=O) groups is 1. The summed E-state index contributed by atoms with van der Waals surface area (Å²) in [5.74, 6) is -1.98. The molecule has 1 aromatic carbocycles. The number of nitro groups is 1. The van der Waals surface area contributed by atoms with Crippen LogP contribution >= 0.6 is 0 Å². The lowest BCUT2D eigenvalue weighted by Crippen LogP contribution is -2.24. The van der Waals surface area contributed by atoms with E-state index in [1.165, 1.54) is 19.1 Å². The molecule has 0 aliphatic rings. The fourth-order valence-corrected chi connectivity index (χ4v) is 1.38. The number of non-ortho nitro benzene ring substituents is 1. The van der Waals surface area contributed by atoms with E-state index in [4.69, 9.17) is 5.11 Å². The predicted molar refractivity (Wildman–Crippen MR) is 69.3 cm³/mol. The van der Waals surface area contributed by atoms with Crippen LogP contribution in [0.2, 0.25) is 0 Å². The predicted octanol–water partition coefficient (Wildman–Crippen LogP) is 1.05. The van der Waals surface area contributed by atoms with Gasteiger partial charge in [0.15, 0.2) is 5.57 Å². The normalized spacial score (nSPS) is 11.1. The van der Waals surface area contributed by atoms with Gasteiger partial charge >= 0.3 is 6.07 Å². The zero-order chi connectivity index (χ0) is 15.1. The first kappa shape index (κ1) is 15.2. The second-order valence-electron chi connectivity index (χ2n) is 3.91. The molecule has 7 heteroatoms. The molecular formula is C13H12N2O5. The average molecular weight is 276 g/mol. The summed E-state index contributed by atoms with van der Waals surface area (Å²) in [6, 6.07) is 8.16. The quantitative estimate of drug-likeness (QED) is 0.291. The number of hydrogen-bond donors (Lipinski definition) is 1. The molecule has 0 aliphatic heterocycles. The fraction of sp³-hybridized carbons (Fsp3) is 0.231. The Hall–Kier alpha value is -2.88. The number of aliphatic hydroxyl groups excluding tert-OH is 1. The lowest BCUT2D eigenvalue weighted by atomic mass is 10.1. The molecule has 0 fully saturated rings. The molecule has 20 heavy (non-hydrogen) atoms. The van der Waals surface area contributed by atoms with Crippen LogP contribution in [0.1, 0.15) is 12.5 Å². The summed E-state index contributed by atoms with van der Waals surface area (Å²) in [4.78, 5) is 24.3. The number of carbonyl (C=O) groups excluding carboxylic acids is 1. The summed E-state index contributed by atoms with van der Waals surface area (Å²) >= 11 is 0. The molecule has 0 aromatic heterocycles. The number of benzene rings is 1. The average Bonchev–Trinajstić information content (AvgIpc) is 2.38. The number of aliphatic carboxylic acids is 1. The van der Waals surface area contributed by atoms with Crippen molar-refractivity contribution in [1.82, 2.24) is 0 Å². The molecule has 0 saturated carbocycles. The molecule has 1 rings (SSSR count). The van der Waals surface area contributed by atoms with Crippen molar-refractivity contribution in [3.8, 4) is 6.07 Å². The first-order chi connectivity index (χ1) is 9.41. The Balaban J connectivity index is 2.64. The lowest BCUT2D eigenvalue weighted by molar-refractivity contribution is -0.384. The van der Waals surface area contributed by atoms with Crippen LogP contribution in [0, 0.1) is 16.2 Å². The van der Waals surface area contributed by atoms with Crippen molar-refractivity contribution in [3.63, 3.8) is 0 Å². The monoisotopic (exact) mass is 276 g/mol. The summed E-state index contributed by atoms with van der Waals surface area (Å²) in [5.41, 5.74) is 0.330. The number of aliphatic hydroxyl groups is 1. The molecule has 0 radical (unpaired) electrons. The number of carboxylic acids is 1. The second-order valence-corrected chi connectivity index (χ2v) is 3.91. The molecule has 0 unspecified atom stereocenters. The standard InChI is InChI=1S/C13H12N2O5/c1-9(16)12(13(17)18)8-14-7-6-10-2-4-11(5-3-10)15(19)20/h2-5H,6-7H2,1H3,(H,17,18). The number of hydrogen-bond acceptors (Lipinski definition) is 5. The van der Waals surface area contributed by atoms with E-state index < -0.39 is 22.2 Å². The highest BCUT2D eigenvalue weighted by molar-refractivity contribution is 5.90. The minimum Gasteiger partial charge on any atom is -0.544 e. The third-order valence-corrected chi connectivity index (χ3v) is 2.42. The highest BCUT2D eigenvalue weighted by Gasteiger charge is 2.07. The van der Waals surface area contributed by atoms with Crippen LogP contribution in [0.4, 0.5) is 5.69 Å². The largest absolute Gasteiger partial charge is 0.544 e. The zero-order valence-corrected chi connectivity index (χ0v) is 10.7. The van der Waals surface area contributed by atoms with Crippen molar-refractivity contribution in [2.45, 2.75) is 13.3 Å². The SMILES string of the molecule is C/C(O)=C(\C#[N+]CCc1ccc([N+](=O)[O-])cc1)C(=O)[O-]. The first-order valence-corrected chi connectivity index (χ1v) is 5.69. The summed E-state index contributed by atoms with van der Waals surface area (Å²) in [7, 11) is 0. The summed E-state index contributed by atoms with van der Waals surface area (Å²) in [6.07, 6.45) is 0.468. The van der Waals surface area contributed by atoms with Crippen LogP contribution in [0.25, 0.3) is 4.85 Å². The maximum absolute atomic E-state index is 10.6. The zero-order valence-electron chi connectivity index (χ0n) is 10.7. The molecule has 104 valence electrons. The minimum atomic E-state index is -1.55. The van der Waals surface area contributed by atoms with E-state index in [1.54, 1.807) is 12.1 Å². The van der Waals surface area contributed by atoms with E-state index in [-0.39, 0.29) is 12.2 Å². The highest BCUT2D eigenvalue weighted by Crippen LogP contribution is 2.12. The molecule has 1 aromatic rings. The highest BCUT2D eigenvalue weighted by atomic mass is 16.6. The Labute approximate surface area is 114 Å². The van der Waals surface area contributed by atoms with Crippen LogP contribution in [-0.2, 0) is 11.2 Å².